The second-order valence-electron chi connectivity index (χ2n) is 1.83. The van der Waals surface area contributed by atoms with Crippen molar-refractivity contribution in [1.29, 1.82) is 5.26 Å². The summed E-state index contributed by atoms with van der Waals surface area (Å²) in [5, 5.41) is 8.79. The maximum atomic E-state index is 8.12. The van der Waals surface area contributed by atoms with Crippen LogP contribution in [-0.2, 0) is 0 Å². The van der Waals surface area contributed by atoms with E-state index >= 15 is 0 Å². The summed E-state index contributed by atoms with van der Waals surface area (Å²) < 4.78 is 0. The first kappa shape index (κ1) is 7.84. The Morgan fingerprint density at radius 1 is 1.62 bits per heavy atom. The third-order valence-electron chi connectivity index (χ3n) is 0.665. The van der Waals surface area contributed by atoms with Crippen molar-refractivity contribution in [2.45, 2.75) is 25.5 Å². The molecule has 0 aromatic carbocycles. The largest absolute Gasteiger partial charge is 0.198 e. The average molecular weight is 129 g/mol. The van der Waals surface area contributed by atoms with Gasteiger partial charge < -0.3 is 0 Å². The Morgan fingerprint density at radius 3 is 2.62 bits per heavy atom. The minimum Gasteiger partial charge on any atom is -0.198 e. The molecule has 0 aliphatic rings. The highest BCUT2D eigenvalue weighted by Crippen LogP contribution is 2.08. The van der Waals surface area contributed by atoms with E-state index in [0.717, 1.165) is 5.75 Å². The molecule has 0 bridgehead atoms. The molecule has 0 spiro atoms. The van der Waals surface area contributed by atoms with Crippen LogP contribution in [-0.4, -0.2) is 11.0 Å². The number of hydrogen-bond acceptors (Lipinski definition) is 2. The first-order valence-electron chi connectivity index (χ1n) is 2.76. The summed E-state index contributed by atoms with van der Waals surface area (Å²) in [6.45, 7) is 4.28. The van der Waals surface area contributed by atoms with Crippen molar-refractivity contribution < 1.29 is 0 Å². The van der Waals surface area contributed by atoms with Crippen molar-refractivity contribution in [3.05, 3.63) is 0 Å². The third-order valence-corrected chi connectivity index (χ3v) is 1.77. The van der Waals surface area contributed by atoms with E-state index < -0.39 is 0 Å². The molecule has 0 saturated heterocycles. The van der Waals surface area contributed by atoms with E-state index in [1.165, 1.54) is 0 Å². The first-order valence-corrected chi connectivity index (χ1v) is 3.80. The summed E-state index contributed by atoms with van der Waals surface area (Å²) in [4.78, 5) is 0. The highest BCUT2D eigenvalue weighted by molar-refractivity contribution is 7.99. The van der Waals surface area contributed by atoms with Crippen LogP contribution in [0.15, 0.2) is 0 Å². The molecule has 0 aliphatic carbocycles. The summed E-state index contributed by atoms with van der Waals surface area (Å²) in [6.07, 6.45) is 0.683. The summed E-state index contributed by atoms with van der Waals surface area (Å²) in [7, 11) is 0. The SMILES string of the molecule is CC(C)SCCC#N. The van der Waals surface area contributed by atoms with Crippen LogP contribution in [0.5, 0.6) is 0 Å². The number of nitriles is 1. The number of thioether (sulfide) groups is 1. The lowest BCUT2D eigenvalue weighted by molar-refractivity contribution is 1.10. The van der Waals surface area contributed by atoms with E-state index in [9.17, 15) is 0 Å². The minimum absolute atomic E-state index is 0.670. The summed E-state index contributed by atoms with van der Waals surface area (Å²) in [6, 6.07) is 2.10. The molecular weight excluding hydrogens is 118 g/mol. The molecule has 0 saturated carbocycles. The van der Waals surface area contributed by atoms with Gasteiger partial charge in [0.05, 0.1) is 6.07 Å². The van der Waals surface area contributed by atoms with Crippen molar-refractivity contribution in [3.8, 4) is 6.07 Å². The van der Waals surface area contributed by atoms with Crippen LogP contribution < -0.4 is 0 Å². The normalized spacial score (nSPS) is 9.25. The van der Waals surface area contributed by atoms with E-state index in [1.807, 2.05) is 11.8 Å². The highest BCUT2D eigenvalue weighted by Gasteiger charge is 1.90. The van der Waals surface area contributed by atoms with Gasteiger partial charge in [0.15, 0.2) is 0 Å². The fourth-order valence-electron chi connectivity index (χ4n) is 0.340. The van der Waals surface area contributed by atoms with Gasteiger partial charge in [-0.3, -0.25) is 0 Å². The van der Waals surface area contributed by atoms with Crippen LogP contribution in [0.1, 0.15) is 20.3 Å². The highest BCUT2D eigenvalue weighted by atomic mass is 32.2. The van der Waals surface area contributed by atoms with Gasteiger partial charge in [-0.2, -0.15) is 17.0 Å². The topological polar surface area (TPSA) is 23.8 Å². The van der Waals surface area contributed by atoms with Crippen molar-refractivity contribution >= 4 is 11.8 Å². The van der Waals surface area contributed by atoms with Gasteiger partial charge in [-0.1, -0.05) is 13.8 Å². The standard InChI is InChI=1S/C6H11NS/c1-6(2)8-5-3-4-7/h6H,3,5H2,1-2H3. The predicted octanol–water partition coefficient (Wildman–Crippen LogP) is 2.04. The van der Waals surface area contributed by atoms with Crippen LogP contribution in [0.4, 0.5) is 0 Å². The second-order valence-corrected chi connectivity index (χ2v) is 3.51. The molecule has 0 radical (unpaired) electrons. The Labute approximate surface area is 55.1 Å². The minimum atomic E-state index is 0.670. The molecule has 0 rings (SSSR count). The Bertz CT molecular complexity index is 83.0. The monoisotopic (exact) mass is 129 g/mol. The van der Waals surface area contributed by atoms with E-state index in [1.54, 1.807) is 0 Å². The maximum Gasteiger partial charge on any atom is 0.0630 e. The molecule has 1 nitrogen and oxygen atoms in total. The maximum absolute atomic E-state index is 8.12. The van der Waals surface area contributed by atoms with Gasteiger partial charge >= 0.3 is 0 Å². The zero-order chi connectivity index (χ0) is 6.41. The Kier molecular flexibility index (Phi) is 4.89. The molecule has 0 N–H and O–H groups in total. The van der Waals surface area contributed by atoms with Crippen LogP contribution in [0.2, 0.25) is 0 Å². The van der Waals surface area contributed by atoms with E-state index in [2.05, 4.69) is 19.9 Å². The zero-order valence-corrected chi connectivity index (χ0v) is 6.16. The van der Waals surface area contributed by atoms with E-state index in [0.29, 0.717) is 11.7 Å². The smallest absolute Gasteiger partial charge is 0.0630 e. The molecule has 0 amide bonds. The summed E-state index contributed by atoms with van der Waals surface area (Å²) >= 11 is 1.83. The van der Waals surface area contributed by atoms with Gasteiger partial charge in [-0.25, -0.2) is 0 Å². The van der Waals surface area contributed by atoms with Crippen molar-refractivity contribution in [1.82, 2.24) is 0 Å². The van der Waals surface area contributed by atoms with Crippen molar-refractivity contribution in [2.75, 3.05) is 5.75 Å². The molecular formula is C6H11NS. The third kappa shape index (κ3) is 5.84. The fraction of sp³-hybridized carbons (Fsp3) is 0.833. The van der Waals surface area contributed by atoms with Gasteiger partial charge in [0.1, 0.15) is 0 Å². The average Bonchev–Trinajstić information content (AvgIpc) is 1.66. The molecule has 0 aromatic heterocycles. The summed E-state index contributed by atoms with van der Waals surface area (Å²) in [5.41, 5.74) is 0. The van der Waals surface area contributed by atoms with Crippen LogP contribution in [0, 0.1) is 11.3 Å². The van der Waals surface area contributed by atoms with Gasteiger partial charge in [-0.15, -0.1) is 0 Å². The Balaban J connectivity index is 2.85. The van der Waals surface area contributed by atoms with Crippen molar-refractivity contribution in [3.63, 3.8) is 0 Å². The predicted molar refractivity (Wildman–Crippen MR) is 37.8 cm³/mol. The van der Waals surface area contributed by atoms with Gasteiger partial charge in [-0.05, 0) is 5.25 Å². The second kappa shape index (κ2) is 4.99. The molecule has 0 fully saturated rings. The number of hydrogen-bond donors (Lipinski definition) is 0. The van der Waals surface area contributed by atoms with Gasteiger partial charge in [0.25, 0.3) is 0 Å². The molecule has 0 aliphatic heterocycles. The Hall–Kier alpha value is -0.160. The quantitative estimate of drug-likeness (QED) is 0.544. The lowest BCUT2D eigenvalue weighted by Gasteiger charge is -1.98. The summed E-state index contributed by atoms with van der Waals surface area (Å²) in [5.74, 6) is 0.980. The molecule has 0 aromatic rings. The number of nitrogens with zero attached hydrogens (tertiary/aromatic N) is 1. The zero-order valence-electron chi connectivity index (χ0n) is 5.35. The lowest BCUT2D eigenvalue weighted by atomic mass is 10.5. The molecule has 2 heteroatoms. The van der Waals surface area contributed by atoms with Crippen LogP contribution in [0.3, 0.4) is 0 Å². The number of rotatable bonds is 3. The van der Waals surface area contributed by atoms with E-state index in [4.69, 9.17) is 5.26 Å². The Morgan fingerprint density at radius 2 is 2.25 bits per heavy atom. The van der Waals surface area contributed by atoms with E-state index in [-0.39, 0.29) is 0 Å². The lowest BCUT2D eigenvalue weighted by Crippen LogP contribution is -1.87. The van der Waals surface area contributed by atoms with Gasteiger partial charge in [0, 0.05) is 12.2 Å². The van der Waals surface area contributed by atoms with Gasteiger partial charge in [0.2, 0.25) is 0 Å². The fourth-order valence-corrected chi connectivity index (χ4v) is 1.02. The van der Waals surface area contributed by atoms with Crippen LogP contribution >= 0.6 is 11.8 Å². The van der Waals surface area contributed by atoms with Crippen molar-refractivity contribution in [2.24, 2.45) is 0 Å². The first-order chi connectivity index (χ1) is 3.77. The van der Waals surface area contributed by atoms with Crippen LogP contribution in [0.25, 0.3) is 0 Å². The molecule has 0 unspecified atom stereocenters. The molecule has 0 heterocycles. The molecule has 46 valence electrons. The molecule has 0 atom stereocenters. The molecule has 8 heavy (non-hydrogen) atoms.